The van der Waals surface area contributed by atoms with Gasteiger partial charge in [0, 0.05) is 36.5 Å². The molecule has 1 unspecified atom stereocenters. The first-order valence-corrected chi connectivity index (χ1v) is 11.2. The van der Waals surface area contributed by atoms with Crippen molar-refractivity contribution in [1.82, 2.24) is 15.6 Å². The molecular formula is C22H33N5OS. The van der Waals surface area contributed by atoms with Gasteiger partial charge in [-0.15, -0.1) is 11.3 Å². The molecule has 0 amide bonds. The van der Waals surface area contributed by atoms with Gasteiger partial charge in [-0.3, -0.25) is 0 Å². The summed E-state index contributed by atoms with van der Waals surface area (Å²) in [4.78, 5) is 11.9. The number of thiazole rings is 1. The largest absolute Gasteiger partial charge is 0.495 e. The van der Waals surface area contributed by atoms with Crippen LogP contribution in [0.2, 0.25) is 0 Å². The van der Waals surface area contributed by atoms with Crippen LogP contribution in [0.5, 0.6) is 5.75 Å². The summed E-state index contributed by atoms with van der Waals surface area (Å²) < 4.78 is 5.52. The maximum absolute atomic E-state index is 5.52. The Kier molecular flexibility index (Phi) is 7.00. The minimum atomic E-state index is 0.0845. The molecule has 0 aliphatic carbocycles. The Hall–Kier alpha value is -2.28. The van der Waals surface area contributed by atoms with E-state index in [4.69, 9.17) is 14.7 Å². The number of rotatable bonds is 6. The zero-order valence-corrected chi connectivity index (χ0v) is 19.0. The lowest BCUT2D eigenvalue weighted by atomic mass is 9.98. The maximum atomic E-state index is 5.52. The lowest BCUT2D eigenvalue weighted by Crippen LogP contribution is -2.44. The number of nitrogens with zero attached hydrogens (tertiary/aromatic N) is 3. The van der Waals surface area contributed by atoms with Crippen LogP contribution in [0.15, 0.2) is 34.6 Å². The summed E-state index contributed by atoms with van der Waals surface area (Å²) in [6.45, 7) is 12.0. The van der Waals surface area contributed by atoms with Crippen molar-refractivity contribution in [1.29, 1.82) is 0 Å². The van der Waals surface area contributed by atoms with Crippen LogP contribution in [0.4, 0.5) is 5.69 Å². The minimum absolute atomic E-state index is 0.0845. The fourth-order valence-electron chi connectivity index (χ4n) is 3.39. The van der Waals surface area contributed by atoms with E-state index in [0.717, 1.165) is 54.2 Å². The number of anilines is 1. The molecule has 1 atom stereocenters. The second kappa shape index (κ2) is 9.48. The third kappa shape index (κ3) is 5.63. The summed E-state index contributed by atoms with van der Waals surface area (Å²) in [6, 6.07) is 8.55. The van der Waals surface area contributed by atoms with Gasteiger partial charge in [0.15, 0.2) is 5.96 Å². The van der Waals surface area contributed by atoms with Crippen LogP contribution in [0.1, 0.15) is 44.8 Å². The van der Waals surface area contributed by atoms with Crippen molar-refractivity contribution in [2.24, 2.45) is 4.99 Å². The van der Waals surface area contributed by atoms with Gasteiger partial charge in [-0.25, -0.2) is 9.98 Å². The van der Waals surface area contributed by atoms with Crippen LogP contribution in [0.25, 0.3) is 0 Å². The number of hydrogen-bond acceptors (Lipinski definition) is 5. The van der Waals surface area contributed by atoms with Crippen LogP contribution >= 0.6 is 11.3 Å². The van der Waals surface area contributed by atoms with Gasteiger partial charge in [0.2, 0.25) is 0 Å². The normalized spacial score (nSPS) is 17.5. The Labute approximate surface area is 178 Å². The molecule has 2 N–H and O–H groups in total. The highest BCUT2D eigenvalue weighted by Crippen LogP contribution is 2.30. The fourth-order valence-corrected chi connectivity index (χ4v) is 4.28. The van der Waals surface area contributed by atoms with Crippen LogP contribution in [-0.2, 0) is 12.0 Å². The highest BCUT2D eigenvalue weighted by molar-refractivity contribution is 7.09. The van der Waals surface area contributed by atoms with Crippen molar-refractivity contribution < 1.29 is 4.74 Å². The van der Waals surface area contributed by atoms with E-state index in [1.165, 1.54) is 0 Å². The number of ether oxygens (including phenoxy) is 1. The molecule has 1 aromatic heterocycles. The molecular weight excluding hydrogens is 382 g/mol. The van der Waals surface area contributed by atoms with Crippen molar-refractivity contribution in [3.63, 3.8) is 0 Å². The fraction of sp³-hybridized carbons (Fsp3) is 0.545. The summed E-state index contributed by atoms with van der Waals surface area (Å²) in [5.74, 6) is 1.77. The molecule has 0 radical (unpaired) electrons. The van der Waals surface area contributed by atoms with Gasteiger partial charge in [-0.05, 0) is 25.5 Å². The predicted molar refractivity (Wildman–Crippen MR) is 122 cm³/mol. The number of benzene rings is 1. The Balaban J connectivity index is 1.62. The zero-order valence-electron chi connectivity index (χ0n) is 18.2. The first kappa shape index (κ1) is 21.4. The summed E-state index contributed by atoms with van der Waals surface area (Å²) in [5, 5.41) is 10.2. The molecule has 1 saturated heterocycles. The molecule has 1 aliphatic heterocycles. The molecule has 6 nitrogen and oxygen atoms in total. The second-order valence-corrected chi connectivity index (χ2v) is 9.20. The Morgan fingerprint density at radius 2 is 2.14 bits per heavy atom. The average molecular weight is 416 g/mol. The van der Waals surface area contributed by atoms with Crippen molar-refractivity contribution in [2.45, 2.75) is 52.1 Å². The molecule has 158 valence electrons. The summed E-state index contributed by atoms with van der Waals surface area (Å²) >= 11 is 1.72. The Bertz CT molecular complexity index is 827. The number of nitrogens with one attached hydrogen (secondary N) is 2. The van der Waals surface area contributed by atoms with Crippen molar-refractivity contribution in [3.05, 3.63) is 40.3 Å². The third-order valence-electron chi connectivity index (χ3n) is 4.89. The molecule has 7 heteroatoms. The highest BCUT2D eigenvalue weighted by Gasteiger charge is 2.25. The van der Waals surface area contributed by atoms with Crippen molar-refractivity contribution >= 4 is 23.0 Å². The minimum Gasteiger partial charge on any atom is -0.495 e. The Morgan fingerprint density at radius 3 is 2.83 bits per heavy atom. The van der Waals surface area contributed by atoms with E-state index < -0.39 is 0 Å². The van der Waals surface area contributed by atoms with Gasteiger partial charge >= 0.3 is 0 Å². The standard InChI is InChI=1S/C22H33N5OS/c1-6-23-21(24-13-17-15-29-20(25-17)22(2,3)4)26-16-11-12-27(14-16)18-9-7-8-10-19(18)28-5/h7-10,15-16H,6,11-14H2,1-5H3,(H2,23,24,26). The molecule has 1 aromatic carbocycles. The van der Waals surface area contributed by atoms with E-state index in [0.29, 0.717) is 12.6 Å². The number of hydrogen-bond donors (Lipinski definition) is 2. The van der Waals surface area contributed by atoms with Crippen molar-refractivity contribution in [2.75, 3.05) is 31.6 Å². The number of guanidine groups is 1. The van der Waals surface area contributed by atoms with E-state index in [1.807, 2.05) is 12.1 Å². The predicted octanol–water partition coefficient (Wildman–Crippen LogP) is 3.78. The lowest BCUT2D eigenvalue weighted by molar-refractivity contribution is 0.415. The average Bonchev–Trinajstić information content (AvgIpc) is 3.35. The summed E-state index contributed by atoms with van der Waals surface area (Å²) in [7, 11) is 1.73. The number of aliphatic imine (C=N–C) groups is 1. The smallest absolute Gasteiger partial charge is 0.191 e. The van der Waals surface area contributed by atoms with Gasteiger partial charge in [0.1, 0.15) is 5.75 Å². The molecule has 29 heavy (non-hydrogen) atoms. The van der Waals surface area contributed by atoms with E-state index in [2.05, 4.69) is 60.7 Å². The zero-order chi connectivity index (χ0) is 20.9. The maximum Gasteiger partial charge on any atom is 0.191 e. The van der Waals surface area contributed by atoms with Gasteiger partial charge in [-0.2, -0.15) is 0 Å². The monoisotopic (exact) mass is 415 g/mol. The second-order valence-electron chi connectivity index (χ2n) is 8.34. The van der Waals surface area contributed by atoms with E-state index in [-0.39, 0.29) is 5.41 Å². The van der Waals surface area contributed by atoms with Crippen molar-refractivity contribution in [3.8, 4) is 5.75 Å². The number of methoxy groups -OCH3 is 1. The molecule has 2 aromatic rings. The molecule has 0 spiro atoms. The van der Waals surface area contributed by atoms with Gasteiger partial charge in [0.05, 0.1) is 30.0 Å². The van der Waals surface area contributed by atoms with Gasteiger partial charge in [0.25, 0.3) is 0 Å². The summed E-state index contributed by atoms with van der Waals surface area (Å²) in [6.07, 6.45) is 1.06. The first-order valence-electron chi connectivity index (χ1n) is 10.3. The van der Waals surface area contributed by atoms with Gasteiger partial charge < -0.3 is 20.3 Å². The lowest BCUT2D eigenvalue weighted by Gasteiger charge is -2.22. The summed E-state index contributed by atoms with van der Waals surface area (Å²) in [5.41, 5.74) is 2.26. The van der Waals surface area contributed by atoms with Crippen LogP contribution in [0, 0.1) is 0 Å². The molecule has 0 bridgehead atoms. The SMILES string of the molecule is CCNC(=NCc1csc(C(C)(C)C)n1)NC1CCN(c2ccccc2OC)C1. The highest BCUT2D eigenvalue weighted by atomic mass is 32.1. The Morgan fingerprint density at radius 1 is 1.34 bits per heavy atom. The third-order valence-corrected chi connectivity index (χ3v) is 6.21. The molecule has 3 rings (SSSR count). The molecule has 0 saturated carbocycles. The number of aromatic nitrogens is 1. The quantitative estimate of drug-likeness (QED) is 0.555. The first-order chi connectivity index (χ1) is 13.9. The van der Waals surface area contributed by atoms with Crippen LogP contribution in [-0.4, -0.2) is 43.7 Å². The number of para-hydroxylation sites is 2. The van der Waals surface area contributed by atoms with E-state index >= 15 is 0 Å². The van der Waals surface area contributed by atoms with Crippen LogP contribution in [0.3, 0.4) is 0 Å². The molecule has 1 fully saturated rings. The molecule has 2 heterocycles. The van der Waals surface area contributed by atoms with E-state index in [9.17, 15) is 0 Å². The van der Waals surface area contributed by atoms with Gasteiger partial charge in [-0.1, -0.05) is 32.9 Å². The van der Waals surface area contributed by atoms with E-state index in [1.54, 1.807) is 18.4 Å². The molecule has 1 aliphatic rings. The topological polar surface area (TPSA) is 61.8 Å². The van der Waals surface area contributed by atoms with Crippen LogP contribution < -0.4 is 20.3 Å².